The Morgan fingerprint density at radius 1 is 0.909 bits per heavy atom. The van der Waals surface area contributed by atoms with Gasteiger partial charge in [-0.05, 0) is 68.1 Å². The summed E-state index contributed by atoms with van der Waals surface area (Å²) in [6, 6.07) is 11.7. The number of nitrogens with zero attached hydrogens (tertiary/aromatic N) is 1. The molecule has 4 N–H and O–H groups in total. The van der Waals surface area contributed by atoms with E-state index in [0.29, 0.717) is 19.5 Å². The number of para-hydroxylation sites is 1. The average molecular weight is 605 g/mol. The second-order valence-electron chi connectivity index (χ2n) is 12.8. The van der Waals surface area contributed by atoms with Crippen molar-refractivity contribution in [3.05, 3.63) is 64.7 Å². The van der Waals surface area contributed by atoms with Crippen molar-refractivity contribution < 1.29 is 24.2 Å². The number of amides is 3. The third-order valence-corrected chi connectivity index (χ3v) is 9.56. The number of likely N-dealkylation sites (N-methyl/N-ethyl adjacent to an activating group) is 1. The molecule has 9 nitrogen and oxygen atoms in total. The van der Waals surface area contributed by atoms with E-state index in [9.17, 15) is 19.5 Å². The van der Waals surface area contributed by atoms with Crippen molar-refractivity contribution in [2.24, 2.45) is 5.92 Å². The number of fused-ring (bicyclic) bond motifs is 1. The van der Waals surface area contributed by atoms with E-state index in [1.165, 1.54) is 10.5 Å². The highest BCUT2D eigenvalue weighted by atomic mass is 16.5. The van der Waals surface area contributed by atoms with Gasteiger partial charge in [-0.1, -0.05) is 67.3 Å². The molecule has 2 aliphatic heterocycles. The average Bonchev–Trinajstić information content (AvgIpc) is 3.04. The Kier molecular flexibility index (Phi) is 10.9. The predicted octanol–water partition coefficient (Wildman–Crippen LogP) is 2.84. The van der Waals surface area contributed by atoms with Gasteiger partial charge in [0.15, 0.2) is 0 Å². The molecule has 1 unspecified atom stereocenters. The summed E-state index contributed by atoms with van der Waals surface area (Å²) >= 11 is 0. The molecule has 2 aromatic rings. The zero-order valence-electron chi connectivity index (χ0n) is 26.1. The lowest BCUT2D eigenvalue weighted by Crippen LogP contribution is -2.60. The van der Waals surface area contributed by atoms with Crippen LogP contribution in [0.5, 0.6) is 5.75 Å². The molecule has 238 valence electrons. The van der Waals surface area contributed by atoms with E-state index in [0.717, 1.165) is 80.2 Å². The smallest absolute Gasteiger partial charge is 0.245 e. The molecule has 3 amide bonds. The Labute approximate surface area is 261 Å². The molecular weight excluding hydrogens is 556 g/mol. The van der Waals surface area contributed by atoms with Crippen molar-refractivity contribution in [3.63, 3.8) is 0 Å². The zero-order valence-corrected chi connectivity index (χ0v) is 26.1. The molecule has 0 saturated heterocycles. The van der Waals surface area contributed by atoms with Gasteiger partial charge in [-0.25, -0.2) is 0 Å². The van der Waals surface area contributed by atoms with E-state index >= 15 is 0 Å². The van der Waals surface area contributed by atoms with Crippen LogP contribution in [0.15, 0.2) is 42.5 Å². The minimum atomic E-state index is -1.12. The highest BCUT2D eigenvalue weighted by molar-refractivity contribution is 5.93. The van der Waals surface area contributed by atoms with Crippen molar-refractivity contribution in [2.45, 2.75) is 95.4 Å². The minimum absolute atomic E-state index is 0.0779. The van der Waals surface area contributed by atoms with Crippen LogP contribution in [0, 0.1) is 12.8 Å². The summed E-state index contributed by atoms with van der Waals surface area (Å²) in [6.45, 7) is 2.42. The summed E-state index contributed by atoms with van der Waals surface area (Å²) in [5.41, 5.74) is 4.33. The zero-order chi connectivity index (χ0) is 31.1. The van der Waals surface area contributed by atoms with Gasteiger partial charge in [0, 0.05) is 26.6 Å². The van der Waals surface area contributed by atoms with Gasteiger partial charge in [0.1, 0.15) is 23.9 Å². The number of nitrogens with one attached hydrogen (secondary N) is 3. The molecule has 1 saturated carbocycles. The predicted molar refractivity (Wildman–Crippen MR) is 169 cm³/mol. The van der Waals surface area contributed by atoms with Gasteiger partial charge in [-0.2, -0.15) is 0 Å². The number of carbonyl (C=O) groups excluding carboxylic acids is 3. The van der Waals surface area contributed by atoms with Crippen LogP contribution >= 0.6 is 0 Å². The molecule has 0 spiro atoms. The van der Waals surface area contributed by atoms with Gasteiger partial charge in [-0.3, -0.25) is 14.4 Å². The molecule has 4 atom stereocenters. The van der Waals surface area contributed by atoms with Gasteiger partial charge in [-0.15, -0.1) is 0 Å². The highest BCUT2D eigenvalue weighted by Crippen LogP contribution is 2.33. The maximum absolute atomic E-state index is 14.1. The number of ether oxygens (including phenoxy) is 1. The van der Waals surface area contributed by atoms with Gasteiger partial charge in [0.05, 0.1) is 12.6 Å². The van der Waals surface area contributed by atoms with Crippen LogP contribution in [-0.2, 0) is 33.6 Å². The van der Waals surface area contributed by atoms with Crippen LogP contribution in [0.1, 0.15) is 67.2 Å². The molecule has 44 heavy (non-hydrogen) atoms. The quantitative estimate of drug-likeness (QED) is 0.426. The van der Waals surface area contributed by atoms with E-state index < -0.39 is 30.6 Å². The normalized spacial score (nSPS) is 26.2. The first-order chi connectivity index (χ1) is 21.3. The van der Waals surface area contributed by atoms with Gasteiger partial charge in [0.25, 0.3) is 0 Å². The van der Waals surface area contributed by atoms with Crippen LogP contribution in [0.4, 0.5) is 0 Å². The first-order valence-electron chi connectivity index (χ1n) is 16.4. The topological polar surface area (TPSA) is 120 Å². The summed E-state index contributed by atoms with van der Waals surface area (Å²) in [7, 11) is 1.58. The van der Waals surface area contributed by atoms with Gasteiger partial charge < -0.3 is 30.7 Å². The van der Waals surface area contributed by atoms with Crippen molar-refractivity contribution in [3.8, 4) is 5.75 Å². The molecular formula is C35H48N4O5. The second-order valence-corrected chi connectivity index (χ2v) is 12.8. The van der Waals surface area contributed by atoms with Crippen LogP contribution in [0.25, 0.3) is 0 Å². The number of carbonyl (C=O) groups is 3. The Hall–Kier alpha value is -3.43. The maximum atomic E-state index is 14.1. The first-order valence-corrected chi connectivity index (χ1v) is 16.4. The van der Waals surface area contributed by atoms with Gasteiger partial charge in [0.2, 0.25) is 17.7 Å². The summed E-state index contributed by atoms with van der Waals surface area (Å²) in [5, 5.41) is 19.8. The van der Waals surface area contributed by atoms with Crippen LogP contribution in [0.2, 0.25) is 0 Å². The number of benzene rings is 2. The number of hydrogen-bond donors (Lipinski definition) is 4. The number of aryl methyl sites for hydroxylation is 3. The lowest BCUT2D eigenvalue weighted by molar-refractivity contribution is -0.144. The lowest BCUT2D eigenvalue weighted by atomic mass is 9.83. The standard InChI is InChI=1S/C35H48N4O5/c1-23-13-15-24(16-14-23)20-29-33(41)36-19-7-12-26-10-6-11-27-17-18-28(44-32(26)27)21-37-31(25-8-4-3-5-9-25)35(43)39(2)30(22-40)34(42)38-29/h6,10-11,13-16,25,28-31,37,40H,3-5,7-9,12,17-22H2,1-2H3,(H,36,41)(H,38,42)/t28?,29-,30+,31+/m1/s1. The molecule has 5 rings (SSSR count). The molecule has 2 bridgehead atoms. The Balaban J connectivity index is 1.43. The SMILES string of the molecule is Cc1ccc(C[C@H]2NC(=O)[C@H](CO)N(C)C(=O)[C@H](C3CCCCC3)NCC3CCc4cccc(c4O3)CCCNC2=O)cc1. The summed E-state index contributed by atoms with van der Waals surface area (Å²) < 4.78 is 6.55. The third-order valence-electron chi connectivity index (χ3n) is 9.56. The van der Waals surface area contributed by atoms with Crippen molar-refractivity contribution in [1.82, 2.24) is 20.9 Å². The summed E-state index contributed by atoms with van der Waals surface area (Å²) in [5.74, 6) is 0.0115. The monoisotopic (exact) mass is 604 g/mol. The fourth-order valence-electron chi connectivity index (χ4n) is 6.86. The van der Waals surface area contributed by atoms with Crippen LogP contribution in [-0.4, -0.2) is 78.7 Å². The minimum Gasteiger partial charge on any atom is -0.489 e. The van der Waals surface area contributed by atoms with E-state index in [1.807, 2.05) is 31.2 Å². The molecule has 1 fully saturated rings. The third kappa shape index (κ3) is 7.80. The van der Waals surface area contributed by atoms with E-state index in [1.54, 1.807) is 7.05 Å². The molecule has 0 aromatic heterocycles. The second kappa shape index (κ2) is 15.0. The largest absolute Gasteiger partial charge is 0.489 e. The molecule has 9 heteroatoms. The molecule has 1 aliphatic carbocycles. The molecule has 2 heterocycles. The summed E-state index contributed by atoms with van der Waals surface area (Å²) in [4.78, 5) is 42.5. The molecule has 0 radical (unpaired) electrons. The Morgan fingerprint density at radius 3 is 2.36 bits per heavy atom. The van der Waals surface area contributed by atoms with Gasteiger partial charge >= 0.3 is 0 Å². The van der Waals surface area contributed by atoms with E-state index in [2.05, 4.69) is 34.1 Å². The summed E-state index contributed by atoms with van der Waals surface area (Å²) in [6.07, 6.45) is 8.60. The number of aliphatic hydroxyl groups is 1. The fourth-order valence-corrected chi connectivity index (χ4v) is 6.86. The fraction of sp³-hybridized carbons (Fsp3) is 0.571. The van der Waals surface area contributed by atoms with Crippen LogP contribution in [0.3, 0.4) is 0 Å². The number of hydrogen-bond acceptors (Lipinski definition) is 6. The van der Waals surface area contributed by atoms with Crippen molar-refractivity contribution >= 4 is 17.7 Å². The van der Waals surface area contributed by atoms with E-state index in [-0.39, 0.29) is 23.8 Å². The van der Waals surface area contributed by atoms with Crippen LogP contribution < -0.4 is 20.7 Å². The molecule has 3 aliphatic rings. The van der Waals surface area contributed by atoms with E-state index in [4.69, 9.17) is 4.74 Å². The first kappa shape index (κ1) is 32.0. The number of rotatable bonds is 4. The van der Waals surface area contributed by atoms with Crippen molar-refractivity contribution in [1.29, 1.82) is 0 Å². The molecule has 2 aromatic carbocycles. The highest BCUT2D eigenvalue weighted by Gasteiger charge is 2.37. The number of aliphatic hydroxyl groups excluding tert-OH is 1. The van der Waals surface area contributed by atoms with Crippen molar-refractivity contribution in [2.75, 3.05) is 26.7 Å². The Bertz CT molecular complexity index is 1290. The Morgan fingerprint density at radius 2 is 1.64 bits per heavy atom. The lowest BCUT2D eigenvalue weighted by Gasteiger charge is -2.37. The maximum Gasteiger partial charge on any atom is 0.245 e.